The van der Waals surface area contributed by atoms with Crippen LogP contribution in [0.2, 0.25) is 5.02 Å². The van der Waals surface area contributed by atoms with Crippen molar-refractivity contribution < 1.29 is 4.79 Å². The second kappa shape index (κ2) is 5.23. The van der Waals surface area contributed by atoms with E-state index >= 15 is 0 Å². The quantitative estimate of drug-likeness (QED) is 0.925. The summed E-state index contributed by atoms with van der Waals surface area (Å²) in [4.78, 5) is 12.0. The number of benzene rings is 1. The minimum absolute atomic E-state index is 0.149. The summed E-state index contributed by atoms with van der Waals surface area (Å²) in [6, 6.07) is 6.92. The molecule has 0 aliphatic heterocycles. The number of anilines is 1. The van der Waals surface area contributed by atoms with Gasteiger partial charge in [0.05, 0.1) is 10.7 Å². The minimum Gasteiger partial charge on any atom is -0.323 e. The summed E-state index contributed by atoms with van der Waals surface area (Å²) >= 11 is 6.07. The number of aryl methyl sites for hydroxylation is 1. The lowest BCUT2D eigenvalue weighted by Crippen LogP contribution is -2.24. The Labute approximate surface area is 111 Å². The molecule has 1 unspecified atom stereocenters. The summed E-state index contributed by atoms with van der Waals surface area (Å²) in [6.45, 7) is 3.73. The van der Waals surface area contributed by atoms with Crippen molar-refractivity contribution >= 4 is 23.2 Å². The Morgan fingerprint density at radius 1 is 1.50 bits per heavy atom. The molecule has 94 valence electrons. The van der Waals surface area contributed by atoms with Gasteiger partial charge in [0.1, 0.15) is 6.04 Å². The third-order valence-electron chi connectivity index (χ3n) is 2.68. The molecule has 0 spiro atoms. The number of carbonyl (C=O) groups is 1. The molecule has 0 radical (unpaired) electrons. The van der Waals surface area contributed by atoms with Crippen molar-refractivity contribution in [1.82, 2.24) is 9.78 Å². The van der Waals surface area contributed by atoms with E-state index < -0.39 is 0 Å². The normalized spacial score (nSPS) is 12.2. The molecule has 1 heterocycles. The molecule has 0 aliphatic rings. The summed E-state index contributed by atoms with van der Waals surface area (Å²) in [6.07, 6.45) is 3.39. The summed E-state index contributed by atoms with van der Waals surface area (Å²) in [5.74, 6) is -0.149. The first kappa shape index (κ1) is 12.6. The van der Waals surface area contributed by atoms with Crippen LogP contribution in [0.4, 0.5) is 5.69 Å². The van der Waals surface area contributed by atoms with E-state index in [9.17, 15) is 4.79 Å². The fraction of sp³-hybridized carbons (Fsp3) is 0.231. The van der Waals surface area contributed by atoms with Gasteiger partial charge in [-0.15, -0.1) is 0 Å². The van der Waals surface area contributed by atoms with Crippen LogP contribution in [0.25, 0.3) is 0 Å². The van der Waals surface area contributed by atoms with Gasteiger partial charge in [0.25, 0.3) is 0 Å². The summed E-state index contributed by atoms with van der Waals surface area (Å²) in [7, 11) is 0. The van der Waals surface area contributed by atoms with Gasteiger partial charge in [-0.05, 0) is 37.6 Å². The van der Waals surface area contributed by atoms with Crippen LogP contribution in [0, 0.1) is 6.92 Å². The smallest absolute Gasteiger partial charge is 0.248 e. The lowest BCUT2D eigenvalue weighted by atomic mass is 10.2. The van der Waals surface area contributed by atoms with E-state index in [0.29, 0.717) is 10.7 Å². The van der Waals surface area contributed by atoms with E-state index in [0.717, 1.165) is 5.56 Å². The Morgan fingerprint density at radius 3 is 2.89 bits per heavy atom. The molecule has 0 saturated carbocycles. The fourth-order valence-electron chi connectivity index (χ4n) is 1.59. The first-order chi connectivity index (χ1) is 8.58. The van der Waals surface area contributed by atoms with E-state index in [2.05, 4.69) is 10.4 Å². The zero-order chi connectivity index (χ0) is 13.1. The van der Waals surface area contributed by atoms with Gasteiger partial charge < -0.3 is 5.32 Å². The van der Waals surface area contributed by atoms with E-state index in [-0.39, 0.29) is 11.9 Å². The molecule has 18 heavy (non-hydrogen) atoms. The molecular formula is C13H14ClN3O. The summed E-state index contributed by atoms with van der Waals surface area (Å²) < 4.78 is 1.59. The molecule has 2 aromatic rings. The molecule has 0 aliphatic carbocycles. The van der Waals surface area contributed by atoms with Crippen molar-refractivity contribution in [3.05, 3.63) is 47.2 Å². The van der Waals surface area contributed by atoms with Crippen LogP contribution in [0.15, 0.2) is 36.7 Å². The fourth-order valence-corrected chi connectivity index (χ4v) is 1.87. The summed E-state index contributed by atoms with van der Waals surface area (Å²) in [5.41, 5.74) is 1.67. The molecule has 1 atom stereocenters. The molecule has 4 nitrogen and oxygen atoms in total. The van der Waals surface area contributed by atoms with Crippen LogP contribution in [-0.4, -0.2) is 15.7 Å². The van der Waals surface area contributed by atoms with Gasteiger partial charge in [-0.25, -0.2) is 0 Å². The standard InChI is InChI=1S/C13H14ClN3O/c1-9-4-5-12(11(14)8-9)16-13(18)10(2)17-7-3-6-15-17/h3-8,10H,1-2H3,(H,16,18). The molecule has 1 N–H and O–H groups in total. The lowest BCUT2D eigenvalue weighted by molar-refractivity contribution is -0.119. The van der Waals surface area contributed by atoms with Crippen molar-refractivity contribution in [3.8, 4) is 0 Å². The zero-order valence-corrected chi connectivity index (χ0v) is 11.0. The van der Waals surface area contributed by atoms with Crippen molar-refractivity contribution in [3.63, 3.8) is 0 Å². The molecule has 1 aromatic heterocycles. The van der Waals surface area contributed by atoms with E-state index in [1.165, 1.54) is 0 Å². The lowest BCUT2D eigenvalue weighted by Gasteiger charge is -2.13. The Morgan fingerprint density at radius 2 is 2.28 bits per heavy atom. The molecule has 5 heteroatoms. The number of carbonyl (C=O) groups excluding carboxylic acids is 1. The number of aromatic nitrogens is 2. The highest BCUT2D eigenvalue weighted by atomic mass is 35.5. The Balaban J connectivity index is 2.12. The highest BCUT2D eigenvalue weighted by Crippen LogP contribution is 2.23. The van der Waals surface area contributed by atoms with E-state index in [4.69, 9.17) is 11.6 Å². The monoisotopic (exact) mass is 263 g/mol. The topological polar surface area (TPSA) is 46.9 Å². The molecule has 1 aromatic carbocycles. The largest absolute Gasteiger partial charge is 0.323 e. The van der Waals surface area contributed by atoms with Crippen LogP contribution in [0.3, 0.4) is 0 Å². The van der Waals surface area contributed by atoms with Crippen molar-refractivity contribution in [2.75, 3.05) is 5.32 Å². The Bertz CT molecular complexity index is 551. The van der Waals surface area contributed by atoms with E-state index in [1.807, 2.05) is 19.1 Å². The van der Waals surface area contributed by atoms with Gasteiger partial charge in [-0.3, -0.25) is 9.48 Å². The minimum atomic E-state index is -0.377. The molecular weight excluding hydrogens is 250 g/mol. The third kappa shape index (κ3) is 2.71. The van der Waals surface area contributed by atoms with Gasteiger partial charge in [-0.2, -0.15) is 5.10 Å². The molecule has 2 rings (SSSR count). The van der Waals surface area contributed by atoms with E-state index in [1.54, 1.807) is 36.1 Å². The van der Waals surface area contributed by atoms with Crippen molar-refractivity contribution in [1.29, 1.82) is 0 Å². The number of amides is 1. The Hall–Kier alpha value is -1.81. The average Bonchev–Trinajstić information content (AvgIpc) is 2.85. The molecule has 0 saturated heterocycles. The predicted molar refractivity (Wildman–Crippen MR) is 71.8 cm³/mol. The number of rotatable bonds is 3. The van der Waals surface area contributed by atoms with Crippen LogP contribution in [0.5, 0.6) is 0 Å². The number of halogens is 1. The molecule has 1 amide bonds. The number of hydrogen-bond donors (Lipinski definition) is 1. The third-order valence-corrected chi connectivity index (χ3v) is 3.00. The van der Waals surface area contributed by atoms with Gasteiger partial charge in [0.2, 0.25) is 5.91 Å². The van der Waals surface area contributed by atoms with Gasteiger partial charge in [0.15, 0.2) is 0 Å². The van der Waals surface area contributed by atoms with Gasteiger partial charge >= 0.3 is 0 Å². The Kier molecular flexibility index (Phi) is 3.67. The summed E-state index contributed by atoms with van der Waals surface area (Å²) in [5, 5.41) is 7.37. The second-order valence-electron chi connectivity index (χ2n) is 4.13. The maximum atomic E-state index is 12.0. The molecule has 0 bridgehead atoms. The van der Waals surface area contributed by atoms with Gasteiger partial charge in [-0.1, -0.05) is 17.7 Å². The second-order valence-corrected chi connectivity index (χ2v) is 4.54. The van der Waals surface area contributed by atoms with Crippen molar-refractivity contribution in [2.45, 2.75) is 19.9 Å². The van der Waals surface area contributed by atoms with Crippen LogP contribution >= 0.6 is 11.6 Å². The number of nitrogens with zero attached hydrogens (tertiary/aromatic N) is 2. The SMILES string of the molecule is Cc1ccc(NC(=O)C(C)n2cccn2)c(Cl)c1. The van der Waals surface area contributed by atoms with Crippen LogP contribution in [-0.2, 0) is 4.79 Å². The number of nitrogens with one attached hydrogen (secondary N) is 1. The maximum absolute atomic E-state index is 12.0. The molecule has 0 fully saturated rings. The van der Waals surface area contributed by atoms with Crippen LogP contribution < -0.4 is 5.32 Å². The average molecular weight is 264 g/mol. The van der Waals surface area contributed by atoms with Crippen LogP contribution in [0.1, 0.15) is 18.5 Å². The first-order valence-corrected chi connectivity index (χ1v) is 6.02. The number of hydrogen-bond acceptors (Lipinski definition) is 2. The first-order valence-electron chi connectivity index (χ1n) is 5.64. The van der Waals surface area contributed by atoms with Crippen molar-refractivity contribution in [2.24, 2.45) is 0 Å². The highest BCUT2D eigenvalue weighted by Gasteiger charge is 2.15. The highest BCUT2D eigenvalue weighted by molar-refractivity contribution is 6.33. The predicted octanol–water partition coefficient (Wildman–Crippen LogP) is 3.04. The van der Waals surface area contributed by atoms with Gasteiger partial charge in [0, 0.05) is 12.4 Å². The maximum Gasteiger partial charge on any atom is 0.248 e. The zero-order valence-electron chi connectivity index (χ0n) is 10.2.